The number of anilines is 3. The number of benzene rings is 1. The van der Waals surface area contributed by atoms with Gasteiger partial charge in [-0.05, 0) is 60.7 Å². The first-order valence-electron chi connectivity index (χ1n) is 10.3. The summed E-state index contributed by atoms with van der Waals surface area (Å²) in [5.74, 6) is 0.514. The summed E-state index contributed by atoms with van der Waals surface area (Å²) in [6.45, 7) is -0.0294. The average Bonchev–Trinajstić information content (AvgIpc) is 2.70. The molecule has 3 aromatic rings. The number of aromatic nitrogens is 3. The molecule has 0 aliphatic heterocycles. The Morgan fingerprint density at radius 2 is 1.88 bits per heavy atom. The average molecular weight is 478 g/mol. The van der Waals surface area contributed by atoms with Crippen molar-refractivity contribution in [1.82, 2.24) is 15.0 Å². The van der Waals surface area contributed by atoms with E-state index in [-0.39, 0.29) is 29.0 Å². The second-order valence-electron chi connectivity index (χ2n) is 7.99. The number of sulfone groups is 1. The van der Waals surface area contributed by atoms with Crippen molar-refractivity contribution in [3.8, 4) is 0 Å². The van der Waals surface area contributed by atoms with Crippen LogP contribution in [0.3, 0.4) is 0 Å². The van der Waals surface area contributed by atoms with Crippen LogP contribution in [-0.4, -0.2) is 29.6 Å². The van der Waals surface area contributed by atoms with Crippen LogP contribution in [0, 0.1) is 0 Å². The van der Waals surface area contributed by atoms with Gasteiger partial charge in [-0.1, -0.05) is 12.5 Å². The minimum atomic E-state index is -4.57. The van der Waals surface area contributed by atoms with Gasteiger partial charge in [0.1, 0.15) is 11.5 Å². The van der Waals surface area contributed by atoms with Crippen molar-refractivity contribution in [3.05, 3.63) is 65.6 Å². The van der Waals surface area contributed by atoms with Crippen LogP contribution in [0.25, 0.3) is 0 Å². The van der Waals surface area contributed by atoms with Crippen LogP contribution in [0.5, 0.6) is 0 Å². The molecule has 1 aliphatic carbocycles. The number of halogens is 3. The first-order chi connectivity index (χ1) is 15.5. The largest absolute Gasteiger partial charge is 0.433 e. The molecule has 0 saturated heterocycles. The molecule has 0 atom stereocenters. The van der Waals surface area contributed by atoms with Crippen molar-refractivity contribution in [1.29, 1.82) is 0 Å². The number of alkyl halides is 3. The van der Waals surface area contributed by atoms with E-state index in [1.165, 1.54) is 24.4 Å². The third-order valence-corrected chi connectivity index (χ3v) is 6.73. The van der Waals surface area contributed by atoms with E-state index in [1.54, 1.807) is 23.1 Å². The lowest BCUT2D eigenvalue weighted by Crippen LogP contribution is -2.23. The minimum Gasteiger partial charge on any atom is -0.368 e. The molecule has 11 heteroatoms. The van der Waals surface area contributed by atoms with E-state index < -0.39 is 21.7 Å². The van der Waals surface area contributed by atoms with Gasteiger partial charge in [0, 0.05) is 18.1 Å². The first kappa shape index (κ1) is 23.0. The van der Waals surface area contributed by atoms with Gasteiger partial charge in [0.2, 0.25) is 5.95 Å². The Kier molecular flexibility index (Phi) is 6.00. The van der Waals surface area contributed by atoms with Gasteiger partial charge < -0.3 is 10.6 Å². The van der Waals surface area contributed by atoms with Crippen LogP contribution in [-0.2, 0) is 22.6 Å². The highest BCUT2D eigenvalue weighted by Gasteiger charge is 2.33. The number of nitrogens with zero attached hydrogens (tertiary/aromatic N) is 4. The van der Waals surface area contributed by atoms with Crippen molar-refractivity contribution in [2.24, 2.45) is 0 Å². The van der Waals surface area contributed by atoms with Gasteiger partial charge in [-0.3, -0.25) is 0 Å². The summed E-state index contributed by atoms with van der Waals surface area (Å²) in [4.78, 5) is 13.8. The normalized spacial score (nSPS) is 14.7. The predicted molar refractivity (Wildman–Crippen MR) is 118 cm³/mol. The Morgan fingerprint density at radius 3 is 2.48 bits per heavy atom. The molecule has 2 aromatic heterocycles. The lowest BCUT2D eigenvalue weighted by atomic mass is 9.79. The molecule has 0 radical (unpaired) electrons. The van der Waals surface area contributed by atoms with E-state index in [0.29, 0.717) is 11.5 Å². The molecule has 33 heavy (non-hydrogen) atoms. The van der Waals surface area contributed by atoms with Gasteiger partial charge in [-0.25, -0.2) is 18.4 Å². The van der Waals surface area contributed by atoms with Gasteiger partial charge in [-0.2, -0.15) is 18.2 Å². The second kappa shape index (κ2) is 8.62. The molecule has 0 unspecified atom stereocenters. The zero-order valence-electron chi connectivity index (χ0n) is 17.7. The molecule has 0 spiro atoms. The topological polar surface area (TPSA) is 102 Å². The molecule has 1 saturated carbocycles. The fourth-order valence-corrected chi connectivity index (χ4v) is 4.40. The van der Waals surface area contributed by atoms with Gasteiger partial charge >= 0.3 is 6.18 Å². The van der Waals surface area contributed by atoms with Crippen LogP contribution >= 0.6 is 0 Å². The molecule has 1 aromatic carbocycles. The number of pyridine rings is 1. The first-order valence-corrected chi connectivity index (χ1v) is 12.1. The van der Waals surface area contributed by atoms with E-state index in [0.717, 1.165) is 37.1 Å². The maximum Gasteiger partial charge on any atom is 0.433 e. The third kappa shape index (κ3) is 5.08. The van der Waals surface area contributed by atoms with E-state index in [9.17, 15) is 21.6 Å². The smallest absolute Gasteiger partial charge is 0.368 e. The Hall–Kier alpha value is -3.21. The van der Waals surface area contributed by atoms with Gasteiger partial charge in [0.25, 0.3) is 0 Å². The number of rotatable bonds is 6. The fraction of sp³-hybridized carbons (Fsp3) is 0.318. The van der Waals surface area contributed by atoms with Gasteiger partial charge in [0.05, 0.1) is 17.1 Å². The highest BCUT2D eigenvalue weighted by atomic mass is 32.2. The summed E-state index contributed by atoms with van der Waals surface area (Å²) >= 11 is 0. The molecular weight excluding hydrogens is 455 g/mol. The van der Waals surface area contributed by atoms with Gasteiger partial charge in [-0.15, -0.1) is 0 Å². The predicted octanol–water partition coefficient (Wildman–Crippen LogP) is 4.48. The van der Waals surface area contributed by atoms with Crippen molar-refractivity contribution >= 4 is 27.3 Å². The van der Waals surface area contributed by atoms with Crippen LogP contribution in [0.4, 0.5) is 30.6 Å². The van der Waals surface area contributed by atoms with Gasteiger partial charge in [0.15, 0.2) is 9.84 Å². The number of nitrogens with two attached hydrogens (primary N) is 1. The fourth-order valence-electron chi connectivity index (χ4n) is 3.75. The summed E-state index contributed by atoms with van der Waals surface area (Å²) in [7, 11) is -3.44. The number of nitrogen functional groups attached to an aromatic ring is 1. The monoisotopic (exact) mass is 477 g/mol. The quantitative estimate of drug-likeness (QED) is 0.558. The zero-order valence-corrected chi connectivity index (χ0v) is 18.6. The molecule has 0 amide bonds. The standard InChI is InChI=1S/C22H22F3N5O2S/c1-33(31,32)16-8-9-18(17(12-16)14-4-2-5-14)30(20-10-11-27-21(26)29-20)13-15-6-3-7-19(28-15)22(23,24)25/h3,6-12,14H,2,4-5,13H2,1H3,(H2,26,27,29). The van der Waals surface area contributed by atoms with Crippen LogP contribution in [0.15, 0.2) is 53.6 Å². The summed E-state index contributed by atoms with van der Waals surface area (Å²) in [5, 5.41) is 0. The van der Waals surface area contributed by atoms with E-state index >= 15 is 0 Å². The number of hydrogen-bond donors (Lipinski definition) is 1. The van der Waals surface area contributed by atoms with Crippen molar-refractivity contribution < 1.29 is 21.6 Å². The molecule has 1 aliphatic rings. The number of hydrogen-bond acceptors (Lipinski definition) is 7. The maximum absolute atomic E-state index is 13.2. The molecule has 2 N–H and O–H groups in total. The Morgan fingerprint density at radius 1 is 1.12 bits per heavy atom. The minimum absolute atomic E-state index is 0.00690. The highest BCUT2D eigenvalue weighted by Crippen LogP contribution is 2.43. The Bertz CT molecular complexity index is 1280. The van der Waals surface area contributed by atoms with Crippen molar-refractivity contribution in [3.63, 3.8) is 0 Å². The summed E-state index contributed by atoms with van der Waals surface area (Å²) < 4.78 is 64.0. The SMILES string of the molecule is CS(=O)(=O)c1ccc(N(Cc2cccc(C(F)(F)F)n2)c2ccnc(N)n2)c(C2CCC2)c1. The molecule has 2 heterocycles. The summed E-state index contributed by atoms with van der Waals surface area (Å²) in [6.07, 6.45) is 0.820. The zero-order chi connectivity index (χ0) is 23.8. The Labute approximate surface area is 189 Å². The Balaban J connectivity index is 1.84. The van der Waals surface area contributed by atoms with Crippen molar-refractivity contribution in [2.45, 2.75) is 42.8 Å². The maximum atomic E-state index is 13.2. The van der Waals surface area contributed by atoms with E-state index in [2.05, 4.69) is 15.0 Å². The van der Waals surface area contributed by atoms with Crippen LogP contribution in [0.1, 0.15) is 42.1 Å². The molecule has 7 nitrogen and oxygen atoms in total. The summed E-state index contributed by atoms with van der Waals surface area (Å²) in [5.41, 5.74) is 6.40. The second-order valence-corrected chi connectivity index (χ2v) is 10.0. The van der Waals surface area contributed by atoms with E-state index in [1.807, 2.05) is 0 Å². The molecule has 1 fully saturated rings. The van der Waals surface area contributed by atoms with Crippen LogP contribution in [0.2, 0.25) is 0 Å². The lowest BCUT2D eigenvalue weighted by molar-refractivity contribution is -0.141. The highest BCUT2D eigenvalue weighted by molar-refractivity contribution is 7.90. The molecule has 0 bridgehead atoms. The lowest BCUT2D eigenvalue weighted by Gasteiger charge is -2.33. The summed E-state index contributed by atoms with van der Waals surface area (Å²) in [6, 6.07) is 10.1. The van der Waals surface area contributed by atoms with Crippen LogP contribution < -0.4 is 10.6 Å². The third-order valence-electron chi connectivity index (χ3n) is 5.62. The van der Waals surface area contributed by atoms with Crippen molar-refractivity contribution in [2.75, 3.05) is 16.9 Å². The molecule has 4 rings (SSSR count). The molecule has 174 valence electrons. The van der Waals surface area contributed by atoms with E-state index in [4.69, 9.17) is 5.73 Å². The molecular formula is C22H22F3N5O2S.